The van der Waals surface area contributed by atoms with Crippen LogP contribution in [0.15, 0.2) is 66.9 Å². The minimum absolute atomic E-state index is 0.0217. The SMILES string of the molecule is CC(C)COC(=O)N(CCCOc1ccc2c(c1)CN(Cc1ccc(C(F)(F)F)cc1)C(=O)C(CC(=O)O)C2)c1ccccn1. The third-order valence-corrected chi connectivity index (χ3v) is 7.22. The molecule has 1 atom stereocenters. The fraction of sp³-hybridized carbons (Fsp3) is 0.394. The molecule has 0 spiro atoms. The van der Waals surface area contributed by atoms with Crippen molar-refractivity contribution in [1.29, 1.82) is 0 Å². The molecular weight excluding hydrogens is 591 g/mol. The van der Waals surface area contributed by atoms with Gasteiger partial charge in [0, 0.05) is 25.8 Å². The van der Waals surface area contributed by atoms with Gasteiger partial charge in [0.2, 0.25) is 5.91 Å². The second-order valence-corrected chi connectivity index (χ2v) is 11.3. The van der Waals surface area contributed by atoms with Crippen LogP contribution in [0.1, 0.15) is 48.9 Å². The number of aromatic nitrogens is 1. The van der Waals surface area contributed by atoms with Crippen LogP contribution in [0.25, 0.3) is 0 Å². The summed E-state index contributed by atoms with van der Waals surface area (Å²) < 4.78 is 50.5. The number of pyridine rings is 1. The number of halogens is 3. The topological polar surface area (TPSA) is 109 Å². The van der Waals surface area contributed by atoms with Crippen LogP contribution >= 0.6 is 0 Å². The molecule has 2 amide bonds. The number of ether oxygens (including phenoxy) is 2. The summed E-state index contributed by atoms with van der Waals surface area (Å²) >= 11 is 0. The van der Waals surface area contributed by atoms with Crippen molar-refractivity contribution in [2.75, 3.05) is 24.7 Å². The number of carbonyl (C=O) groups excluding carboxylic acids is 2. The first kappa shape index (κ1) is 33.3. The number of hydrogen-bond donors (Lipinski definition) is 1. The highest BCUT2D eigenvalue weighted by Gasteiger charge is 2.33. The van der Waals surface area contributed by atoms with Gasteiger partial charge in [0.1, 0.15) is 11.6 Å². The lowest BCUT2D eigenvalue weighted by Crippen LogP contribution is -2.35. The van der Waals surface area contributed by atoms with Crippen LogP contribution in [-0.2, 0) is 40.0 Å². The summed E-state index contributed by atoms with van der Waals surface area (Å²) in [6, 6.07) is 15.2. The van der Waals surface area contributed by atoms with Crippen LogP contribution in [0.2, 0.25) is 0 Å². The number of carboxylic acids is 1. The van der Waals surface area contributed by atoms with Crippen LogP contribution in [-0.4, -0.2) is 52.7 Å². The summed E-state index contributed by atoms with van der Waals surface area (Å²) in [7, 11) is 0. The van der Waals surface area contributed by atoms with Crippen molar-refractivity contribution in [3.63, 3.8) is 0 Å². The first-order chi connectivity index (χ1) is 21.4. The van der Waals surface area contributed by atoms with E-state index >= 15 is 0 Å². The van der Waals surface area contributed by atoms with E-state index in [9.17, 15) is 32.7 Å². The molecule has 1 unspecified atom stereocenters. The standard InChI is InChI=1S/C33H36F3N3O6/c1-22(2)21-45-32(43)39(29-6-3-4-13-37-29)14-5-15-44-28-12-9-24-16-25(18-30(40)41)31(42)38(20-26(24)17-28)19-23-7-10-27(11-8-23)33(34,35)36/h3-4,6-13,17,22,25H,5,14-16,18-21H2,1-2H3,(H,40,41). The maximum atomic E-state index is 13.4. The summed E-state index contributed by atoms with van der Waals surface area (Å²) in [5.41, 5.74) is 1.25. The maximum absolute atomic E-state index is 13.4. The molecule has 2 aromatic carbocycles. The van der Waals surface area contributed by atoms with Crippen molar-refractivity contribution in [2.45, 2.75) is 52.4 Å². The smallest absolute Gasteiger partial charge is 0.416 e. The number of benzene rings is 2. The minimum Gasteiger partial charge on any atom is -0.494 e. The van der Waals surface area contributed by atoms with E-state index in [4.69, 9.17) is 9.47 Å². The maximum Gasteiger partial charge on any atom is 0.416 e. The van der Waals surface area contributed by atoms with Gasteiger partial charge in [-0.1, -0.05) is 38.1 Å². The van der Waals surface area contributed by atoms with Crippen LogP contribution in [0.5, 0.6) is 5.75 Å². The number of hydrogen-bond acceptors (Lipinski definition) is 6. The van der Waals surface area contributed by atoms with E-state index in [0.717, 1.165) is 23.3 Å². The number of alkyl halides is 3. The second-order valence-electron chi connectivity index (χ2n) is 11.3. The Labute approximate surface area is 259 Å². The molecule has 1 aliphatic heterocycles. The fourth-order valence-electron chi connectivity index (χ4n) is 5.00. The lowest BCUT2D eigenvalue weighted by Gasteiger charge is -2.24. The summed E-state index contributed by atoms with van der Waals surface area (Å²) in [6.07, 6.45) is -3.08. The lowest BCUT2D eigenvalue weighted by molar-refractivity contribution is -0.144. The molecule has 1 aromatic heterocycles. The molecule has 0 aliphatic carbocycles. The number of amides is 2. The van der Waals surface area contributed by atoms with Gasteiger partial charge in [0.05, 0.1) is 31.1 Å². The molecule has 0 bridgehead atoms. The zero-order valence-corrected chi connectivity index (χ0v) is 25.1. The minimum atomic E-state index is -4.48. The second kappa shape index (κ2) is 14.9. The Hall–Kier alpha value is -4.61. The lowest BCUT2D eigenvalue weighted by atomic mass is 9.94. The van der Waals surface area contributed by atoms with Gasteiger partial charge in [-0.15, -0.1) is 0 Å². The van der Waals surface area contributed by atoms with E-state index < -0.39 is 29.7 Å². The van der Waals surface area contributed by atoms with Crippen molar-refractivity contribution in [2.24, 2.45) is 11.8 Å². The van der Waals surface area contributed by atoms with Crippen molar-refractivity contribution in [3.8, 4) is 5.75 Å². The Morgan fingerprint density at radius 1 is 1.09 bits per heavy atom. The third-order valence-electron chi connectivity index (χ3n) is 7.22. The molecule has 45 heavy (non-hydrogen) atoms. The van der Waals surface area contributed by atoms with Gasteiger partial charge in [0.25, 0.3) is 0 Å². The Bertz CT molecular complexity index is 1460. The number of aliphatic carboxylic acids is 1. The normalized spacial score (nSPS) is 14.9. The van der Waals surface area contributed by atoms with E-state index in [1.165, 1.54) is 21.9 Å². The summed E-state index contributed by atoms with van der Waals surface area (Å²) in [6.45, 7) is 4.89. The van der Waals surface area contributed by atoms with Gasteiger partial charge in [-0.3, -0.25) is 14.5 Å². The first-order valence-corrected chi connectivity index (χ1v) is 14.7. The van der Waals surface area contributed by atoms with Crippen LogP contribution in [0.3, 0.4) is 0 Å². The molecule has 3 aromatic rings. The third kappa shape index (κ3) is 9.44. The predicted molar refractivity (Wildman–Crippen MR) is 159 cm³/mol. The molecule has 12 heteroatoms. The highest BCUT2D eigenvalue weighted by atomic mass is 19.4. The van der Waals surface area contributed by atoms with Crippen molar-refractivity contribution < 1.29 is 42.1 Å². The number of nitrogens with zero attached hydrogens (tertiary/aromatic N) is 3. The van der Waals surface area contributed by atoms with Crippen LogP contribution in [0.4, 0.5) is 23.8 Å². The predicted octanol–water partition coefficient (Wildman–Crippen LogP) is 6.34. The Kier molecular flexibility index (Phi) is 11.0. The Morgan fingerprint density at radius 2 is 1.84 bits per heavy atom. The van der Waals surface area contributed by atoms with Crippen molar-refractivity contribution in [3.05, 3.63) is 89.1 Å². The number of rotatable bonds is 12. The average molecular weight is 628 g/mol. The number of carbonyl (C=O) groups is 3. The van der Waals surface area contributed by atoms with Crippen LogP contribution in [0, 0.1) is 11.8 Å². The zero-order valence-electron chi connectivity index (χ0n) is 25.1. The Balaban J connectivity index is 1.45. The van der Waals surface area contributed by atoms with E-state index in [1.807, 2.05) is 13.8 Å². The van der Waals surface area contributed by atoms with Gasteiger partial charge < -0.3 is 19.5 Å². The highest BCUT2D eigenvalue weighted by molar-refractivity contribution is 5.86. The molecule has 0 fully saturated rings. The van der Waals surface area contributed by atoms with Crippen molar-refractivity contribution in [1.82, 2.24) is 9.88 Å². The van der Waals surface area contributed by atoms with Gasteiger partial charge in [-0.05, 0) is 71.8 Å². The number of fused-ring (bicyclic) bond motifs is 1. The van der Waals surface area contributed by atoms with E-state index in [2.05, 4.69) is 4.98 Å². The number of anilines is 1. The Morgan fingerprint density at radius 3 is 2.49 bits per heavy atom. The van der Waals surface area contributed by atoms with Crippen LogP contribution < -0.4 is 9.64 Å². The summed E-state index contributed by atoms with van der Waals surface area (Å²) in [5, 5.41) is 9.44. The van der Waals surface area contributed by atoms with E-state index in [-0.39, 0.29) is 51.0 Å². The van der Waals surface area contributed by atoms with Crippen molar-refractivity contribution >= 4 is 23.8 Å². The molecule has 1 N–H and O–H groups in total. The first-order valence-electron chi connectivity index (χ1n) is 14.7. The molecule has 0 saturated heterocycles. The average Bonchev–Trinajstić information content (AvgIpc) is 3.11. The summed E-state index contributed by atoms with van der Waals surface area (Å²) in [5.74, 6) is -1.15. The quantitative estimate of drug-likeness (QED) is 0.233. The molecule has 2 heterocycles. The number of carboxylic acid groups (broad SMARTS) is 1. The highest BCUT2D eigenvalue weighted by Crippen LogP contribution is 2.31. The van der Waals surface area contributed by atoms with Gasteiger partial charge in [-0.2, -0.15) is 13.2 Å². The molecule has 9 nitrogen and oxygen atoms in total. The molecule has 1 aliphatic rings. The fourth-order valence-corrected chi connectivity index (χ4v) is 5.00. The molecular formula is C33H36F3N3O6. The molecule has 0 radical (unpaired) electrons. The monoisotopic (exact) mass is 627 g/mol. The molecule has 240 valence electrons. The van der Waals surface area contributed by atoms with Gasteiger partial charge in [0.15, 0.2) is 0 Å². The van der Waals surface area contributed by atoms with Gasteiger partial charge in [-0.25, -0.2) is 9.78 Å². The largest absolute Gasteiger partial charge is 0.494 e. The molecule has 0 saturated carbocycles. The zero-order chi connectivity index (χ0) is 32.6. The van der Waals surface area contributed by atoms with E-state index in [1.54, 1.807) is 42.6 Å². The summed E-state index contributed by atoms with van der Waals surface area (Å²) in [4.78, 5) is 44.9. The molecule has 4 rings (SSSR count). The van der Waals surface area contributed by atoms with E-state index in [0.29, 0.717) is 30.1 Å². The van der Waals surface area contributed by atoms with Gasteiger partial charge >= 0.3 is 18.2 Å².